The lowest BCUT2D eigenvalue weighted by atomic mass is 10.0. The van der Waals surface area contributed by atoms with Crippen LogP contribution in [-0.2, 0) is 13.1 Å². The Balaban J connectivity index is 1.34. The van der Waals surface area contributed by atoms with Crippen LogP contribution in [-0.4, -0.2) is 43.9 Å². The average molecular weight is 363 g/mol. The molecular formula is C20H21N5O2. The third-order valence-electron chi connectivity index (χ3n) is 4.84. The molecule has 0 N–H and O–H groups in total. The van der Waals surface area contributed by atoms with Crippen LogP contribution in [0.25, 0.3) is 11.3 Å². The maximum Gasteiger partial charge on any atom is 0.266 e. The first-order valence-electron chi connectivity index (χ1n) is 9.05. The highest BCUT2D eigenvalue weighted by atomic mass is 16.1. The zero-order chi connectivity index (χ0) is 18.6. The fraction of sp³-hybridized carbons (Fsp3) is 0.300. The summed E-state index contributed by atoms with van der Waals surface area (Å²) in [7, 11) is 0. The van der Waals surface area contributed by atoms with Crippen molar-refractivity contribution >= 4 is 0 Å². The predicted octanol–water partition coefficient (Wildman–Crippen LogP) is 1.10. The second-order valence-corrected chi connectivity index (χ2v) is 6.84. The second-order valence-electron chi connectivity index (χ2n) is 6.84. The Hall–Kier alpha value is -3.06. The second kappa shape index (κ2) is 7.67. The molecule has 0 amide bonds. The molecule has 0 spiro atoms. The first kappa shape index (κ1) is 17.4. The van der Waals surface area contributed by atoms with E-state index in [0.717, 1.165) is 30.9 Å². The van der Waals surface area contributed by atoms with Crippen LogP contribution in [0.5, 0.6) is 0 Å². The number of rotatable bonds is 6. The smallest absolute Gasteiger partial charge is 0.266 e. The van der Waals surface area contributed by atoms with Gasteiger partial charge in [-0.3, -0.25) is 14.6 Å². The molecular weight excluding hydrogens is 342 g/mol. The molecule has 4 heterocycles. The Labute approximate surface area is 156 Å². The minimum Gasteiger partial charge on any atom is -0.314 e. The summed E-state index contributed by atoms with van der Waals surface area (Å²) in [4.78, 5) is 30.3. The summed E-state index contributed by atoms with van der Waals surface area (Å²) in [5.41, 5.74) is 1.59. The number of hydrogen-bond acceptors (Lipinski definition) is 5. The van der Waals surface area contributed by atoms with E-state index in [0.29, 0.717) is 19.0 Å². The summed E-state index contributed by atoms with van der Waals surface area (Å²) in [5, 5.41) is 4.49. The van der Waals surface area contributed by atoms with Crippen molar-refractivity contribution in [1.29, 1.82) is 0 Å². The highest BCUT2D eigenvalue weighted by molar-refractivity contribution is 5.56. The number of pyridine rings is 2. The van der Waals surface area contributed by atoms with Gasteiger partial charge >= 0.3 is 0 Å². The third kappa shape index (κ3) is 4.03. The molecule has 0 atom stereocenters. The Kier molecular flexibility index (Phi) is 4.93. The van der Waals surface area contributed by atoms with E-state index >= 15 is 0 Å². The minimum atomic E-state index is -0.0862. The fourth-order valence-electron chi connectivity index (χ4n) is 3.36. The van der Waals surface area contributed by atoms with Gasteiger partial charge in [-0.25, -0.2) is 4.68 Å². The summed E-state index contributed by atoms with van der Waals surface area (Å²) in [6, 6.07) is 12.3. The van der Waals surface area contributed by atoms with Gasteiger partial charge in [-0.2, -0.15) is 5.10 Å². The van der Waals surface area contributed by atoms with Gasteiger partial charge < -0.3 is 9.47 Å². The maximum atomic E-state index is 12.1. The van der Waals surface area contributed by atoms with Gasteiger partial charge in [0, 0.05) is 68.4 Å². The van der Waals surface area contributed by atoms with Crippen molar-refractivity contribution < 1.29 is 0 Å². The zero-order valence-corrected chi connectivity index (χ0v) is 14.9. The van der Waals surface area contributed by atoms with Gasteiger partial charge in [0.05, 0.1) is 12.2 Å². The third-order valence-corrected chi connectivity index (χ3v) is 4.84. The standard InChI is InChI=1S/C20H21N5O2/c26-19-5-1-2-9-24(19)11-10-23-13-16(14-23)15-25-20(27)7-6-18(22-25)17-4-3-8-21-12-17/h1-9,12,16H,10-11,13-15H2. The van der Waals surface area contributed by atoms with E-state index in [1.54, 1.807) is 45.9 Å². The molecule has 0 unspecified atom stereocenters. The van der Waals surface area contributed by atoms with Crippen molar-refractivity contribution in [3.63, 3.8) is 0 Å². The summed E-state index contributed by atoms with van der Waals surface area (Å²) in [6.45, 7) is 3.94. The maximum absolute atomic E-state index is 12.1. The topological polar surface area (TPSA) is 73.0 Å². The fourth-order valence-corrected chi connectivity index (χ4v) is 3.36. The van der Waals surface area contributed by atoms with Crippen molar-refractivity contribution in [3.05, 3.63) is 81.8 Å². The monoisotopic (exact) mass is 363 g/mol. The van der Waals surface area contributed by atoms with E-state index < -0.39 is 0 Å². The van der Waals surface area contributed by atoms with Gasteiger partial charge in [-0.1, -0.05) is 6.07 Å². The summed E-state index contributed by atoms with van der Waals surface area (Å²) in [6.07, 6.45) is 5.27. The molecule has 3 aromatic heterocycles. The molecule has 0 radical (unpaired) electrons. The van der Waals surface area contributed by atoms with Crippen molar-refractivity contribution in [2.45, 2.75) is 13.1 Å². The molecule has 1 fully saturated rings. The molecule has 27 heavy (non-hydrogen) atoms. The molecule has 138 valence electrons. The lowest BCUT2D eigenvalue weighted by molar-refractivity contribution is 0.0803. The number of nitrogens with zero attached hydrogens (tertiary/aromatic N) is 5. The normalized spacial score (nSPS) is 14.8. The molecule has 7 nitrogen and oxygen atoms in total. The van der Waals surface area contributed by atoms with Crippen LogP contribution in [0.1, 0.15) is 0 Å². The van der Waals surface area contributed by atoms with E-state index in [4.69, 9.17) is 0 Å². The van der Waals surface area contributed by atoms with Crippen LogP contribution in [0.4, 0.5) is 0 Å². The van der Waals surface area contributed by atoms with Crippen LogP contribution in [0.15, 0.2) is 70.6 Å². The molecule has 0 saturated carbocycles. The van der Waals surface area contributed by atoms with Gasteiger partial charge in [0.25, 0.3) is 11.1 Å². The van der Waals surface area contributed by atoms with E-state index in [1.165, 1.54) is 0 Å². The molecule has 1 saturated heterocycles. The molecule has 0 bridgehead atoms. The molecule has 0 aliphatic carbocycles. The van der Waals surface area contributed by atoms with Crippen molar-refractivity contribution in [1.82, 2.24) is 24.2 Å². The van der Waals surface area contributed by atoms with Crippen LogP contribution < -0.4 is 11.1 Å². The van der Waals surface area contributed by atoms with Crippen LogP contribution >= 0.6 is 0 Å². The van der Waals surface area contributed by atoms with Gasteiger partial charge in [-0.15, -0.1) is 0 Å². The van der Waals surface area contributed by atoms with Crippen molar-refractivity contribution in [3.8, 4) is 11.3 Å². The lowest BCUT2D eigenvalue weighted by Crippen LogP contribution is -2.50. The van der Waals surface area contributed by atoms with Gasteiger partial charge in [0.1, 0.15) is 0 Å². The number of aromatic nitrogens is 4. The SMILES string of the molecule is O=c1ccccn1CCN1CC(Cn2nc(-c3cccnc3)ccc2=O)C1. The molecule has 0 aromatic carbocycles. The highest BCUT2D eigenvalue weighted by Crippen LogP contribution is 2.17. The van der Waals surface area contributed by atoms with E-state index in [-0.39, 0.29) is 11.1 Å². The first-order chi connectivity index (χ1) is 13.2. The van der Waals surface area contributed by atoms with Gasteiger partial charge in [0.15, 0.2) is 0 Å². The van der Waals surface area contributed by atoms with E-state index in [9.17, 15) is 9.59 Å². The number of likely N-dealkylation sites (tertiary alicyclic amines) is 1. The molecule has 1 aliphatic rings. The van der Waals surface area contributed by atoms with Crippen LogP contribution in [0.3, 0.4) is 0 Å². The largest absolute Gasteiger partial charge is 0.314 e. The lowest BCUT2D eigenvalue weighted by Gasteiger charge is -2.39. The summed E-state index contributed by atoms with van der Waals surface area (Å²) in [5.74, 6) is 0.395. The highest BCUT2D eigenvalue weighted by Gasteiger charge is 2.27. The summed E-state index contributed by atoms with van der Waals surface area (Å²) < 4.78 is 3.27. The minimum absolute atomic E-state index is 0.0255. The van der Waals surface area contributed by atoms with E-state index in [2.05, 4.69) is 15.0 Å². The van der Waals surface area contributed by atoms with Crippen LogP contribution in [0, 0.1) is 5.92 Å². The van der Waals surface area contributed by atoms with Crippen molar-refractivity contribution in [2.24, 2.45) is 5.92 Å². The van der Waals surface area contributed by atoms with Crippen LogP contribution in [0.2, 0.25) is 0 Å². The zero-order valence-electron chi connectivity index (χ0n) is 14.9. The molecule has 7 heteroatoms. The quantitative estimate of drug-likeness (QED) is 0.656. The Morgan fingerprint density at radius 2 is 1.85 bits per heavy atom. The van der Waals surface area contributed by atoms with Gasteiger partial charge in [-0.05, 0) is 24.3 Å². The van der Waals surface area contributed by atoms with Gasteiger partial charge in [0.2, 0.25) is 0 Å². The van der Waals surface area contributed by atoms with Crippen molar-refractivity contribution in [2.75, 3.05) is 19.6 Å². The Morgan fingerprint density at radius 3 is 2.63 bits per heavy atom. The predicted molar refractivity (Wildman–Crippen MR) is 102 cm³/mol. The number of hydrogen-bond donors (Lipinski definition) is 0. The molecule has 1 aliphatic heterocycles. The Bertz CT molecular complexity index is 1020. The first-order valence-corrected chi connectivity index (χ1v) is 9.05. The average Bonchev–Trinajstić information content (AvgIpc) is 2.67. The summed E-state index contributed by atoms with van der Waals surface area (Å²) >= 11 is 0. The Morgan fingerprint density at radius 1 is 0.963 bits per heavy atom. The molecule has 3 aromatic rings. The van der Waals surface area contributed by atoms with E-state index in [1.807, 2.05) is 24.4 Å². The molecule has 4 rings (SSSR count).